The third-order valence-corrected chi connectivity index (χ3v) is 4.73. The fourth-order valence-corrected chi connectivity index (χ4v) is 3.04. The van der Waals surface area contributed by atoms with Gasteiger partial charge in [-0.15, -0.1) is 0 Å². The molecule has 2 amide bonds. The van der Waals surface area contributed by atoms with Crippen LogP contribution in [0.25, 0.3) is 0 Å². The smallest absolute Gasteiger partial charge is 0.255 e. The van der Waals surface area contributed by atoms with Gasteiger partial charge in [0.05, 0.1) is 4.47 Å². The lowest BCUT2D eigenvalue weighted by Gasteiger charge is -2.08. The summed E-state index contributed by atoms with van der Waals surface area (Å²) in [5.74, 6) is -0.724. The Bertz CT molecular complexity index is 976. The van der Waals surface area contributed by atoms with Crippen LogP contribution in [-0.4, -0.2) is 18.4 Å². The summed E-state index contributed by atoms with van der Waals surface area (Å²) in [5.41, 5.74) is 2.60. The van der Waals surface area contributed by atoms with Gasteiger partial charge in [-0.25, -0.2) is 4.39 Å². The van der Waals surface area contributed by atoms with E-state index in [4.69, 9.17) is 0 Å². The van der Waals surface area contributed by atoms with Gasteiger partial charge in [-0.2, -0.15) is 0 Å². The first-order valence-corrected chi connectivity index (χ1v) is 9.51. The van der Waals surface area contributed by atoms with Crippen molar-refractivity contribution in [3.8, 4) is 0 Å². The average molecular weight is 441 g/mol. The Kier molecular flexibility index (Phi) is 6.55. The molecule has 0 atom stereocenters. The zero-order valence-electron chi connectivity index (χ0n) is 14.9. The van der Waals surface area contributed by atoms with Crippen LogP contribution in [0.1, 0.15) is 26.3 Å². The van der Waals surface area contributed by atoms with Crippen molar-refractivity contribution in [2.45, 2.75) is 6.42 Å². The molecule has 0 spiro atoms. The molecular formula is C22H18BrFN2O2. The molecule has 0 aliphatic carbocycles. The average Bonchev–Trinajstić information content (AvgIpc) is 2.71. The van der Waals surface area contributed by atoms with Crippen molar-refractivity contribution in [3.63, 3.8) is 0 Å². The zero-order chi connectivity index (χ0) is 19.9. The first kappa shape index (κ1) is 19.8. The van der Waals surface area contributed by atoms with Crippen molar-refractivity contribution in [3.05, 3.63) is 99.8 Å². The van der Waals surface area contributed by atoms with E-state index in [0.29, 0.717) is 34.3 Å². The van der Waals surface area contributed by atoms with Crippen LogP contribution in [0, 0.1) is 5.82 Å². The van der Waals surface area contributed by atoms with Gasteiger partial charge >= 0.3 is 0 Å². The van der Waals surface area contributed by atoms with Gasteiger partial charge in [0.2, 0.25) is 0 Å². The topological polar surface area (TPSA) is 58.2 Å². The quantitative estimate of drug-likeness (QED) is 0.577. The molecule has 3 rings (SSSR count). The summed E-state index contributed by atoms with van der Waals surface area (Å²) in [6.45, 7) is 0.434. The lowest BCUT2D eigenvalue weighted by Crippen LogP contribution is -2.25. The fraction of sp³-hybridized carbons (Fsp3) is 0.0909. The Labute approximate surface area is 170 Å². The maximum Gasteiger partial charge on any atom is 0.255 e. The lowest BCUT2D eigenvalue weighted by atomic mass is 10.1. The molecule has 4 nitrogen and oxygen atoms in total. The number of hydrogen-bond donors (Lipinski definition) is 2. The fourth-order valence-electron chi connectivity index (χ4n) is 2.62. The number of benzene rings is 3. The molecule has 6 heteroatoms. The molecule has 0 radical (unpaired) electrons. The van der Waals surface area contributed by atoms with Crippen LogP contribution >= 0.6 is 15.9 Å². The summed E-state index contributed by atoms with van der Waals surface area (Å²) < 4.78 is 13.6. The SMILES string of the molecule is O=C(NCCc1ccc(F)c(Br)c1)c1ccc(NC(=O)c2ccccc2)cc1. The van der Waals surface area contributed by atoms with Gasteiger partial charge in [0, 0.05) is 23.4 Å². The monoisotopic (exact) mass is 440 g/mol. The molecule has 28 heavy (non-hydrogen) atoms. The molecule has 0 unspecified atom stereocenters. The van der Waals surface area contributed by atoms with E-state index in [1.807, 2.05) is 6.07 Å². The molecule has 0 heterocycles. The standard InChI is InChI=1S/C22H18BrFN2O2/c23-19-14-15(6-11-20(19)24)12-13-25-21(27)17-7-9-18(10-8-17)26-22(28)16-4-2-1-3-5-16/h1-11,14H,12-13H2,(H,25,27)(H,26,28). The Hall–Kier alpha value is -2.99. The van der Waals surface area contributed by atoms with Crippen LogP contribution < -0.4 is 10.6 Å². The predicted octanol–water partition coefficient (Wildman–Crippen LogP) is 4.81. The third kappa shape index (κ3) is 5.27. The number of halogens is 2. The minimum atomic E-state index is -0.313. The van der Waals surface area contributed by atoms with Crippen LogP contribution in [0.15, 0.2) is 77.3 Å². The summed E-state index contributed by atoms with van der Waals surface area (Å²) >= 11 is 3.15. The number of amides is 2. The molecular weight excluding hydrogens is 423 g/mol. The van der Waals surface area contributed by atoms with E-state index in [0.717, 1.165) is 5.56 Å². The molecule has 3 aromatic rings. The van der Waals surface area contributed by atoms with Crippen LogP contribution in [0.2, 0.25) is 0 Å². The minimum absolute atomic E-state index is 0.205. The number of nitrogens with one attached hydrogen (secondary N) is 2. The number of carbonyl (C=O) groups excluding carboxylic acids is 2. The second kappa shape index (κ2) is 9.28. The van der Waals surface area contributed by atoms with Crippen molar-refractivity contribution >= 4 is 33.4 Å². The Morgan fingerprint density at radius 2 is 1.54 bits per heavy atom. The van der Waals surface area contributed by atoms with Gasteiger partial charge in [-0.3, -0.25) is 9.59 Å². The van der Waals surface area contributed by atoms with E-state index in [2.05, 4.69) is 26.6 Å². The van der Waals surface area contributed by atoms with Gasteiger partial charge in [0.15, 0.2) is 0 Å². The number of hydrogen-bond acceptors (Lipinski definition) is 2. The summed E-state index contributed by atoms with van der Waals surface area (Å²) in [4.78, 5) is 24.4. The van der Waals surface area contributed by atoms with Crippen molar-refractivity contribution in [1.29, 1.82) is 0 Å². The highest BCUT2D eigenvalue weighted by molar-refractivity contribution is 9.10. The summed E-state index contributed by atoms with van der Waals surface area (Å²) in [6, 6.07) is 20.4. The van der Waals surface area contributed by atoms with Crippen LogP contribution in [-0.2, 0) is 6.42 Å². The van der Waals surface area contributed by atoms with Gasteiger partial charge in [0.25, 0.3) is 11.8 Å². The highest BCUT2D eigenvalue weighted by atomic mass is 79.9. The minimum Gasteiger partial charge on any atom is -0.352 e. The normalized spacial score (nSPS) is 10.4. The van der Waals surface area contributed by atoms with E-state index in [-0.39, 0.29) is 17.6 Å². The zero-order valence-corrected chi connectivity index (χ0v) is 16.5. The highest BCUT2D eigenvalue weighted by Crippen LogP contribution is 2.17. The first-order chi connectivity index (χ1) is 13.5. The third-order valence-electron chi connectivity index (χ3n) is 4.12. The first-order valence-electron chi connectivity index (χ1n) is 8.71. The van der Waals surface area contributed by atoms with E-state index in [1.165, 1.54) is 6.07 Å². The number of rotatable bonds is 6. The van der Waals surface area contributed by atoms with Crippen molar-refractivity contribution in [2.75, 3.05) is 11.9 Å². The Balaban J connectivity index is 1.52. The van der Waals surface area contributed by atoms with Gasteiger partial charge in [0.1, 0.15) is 5.82 Å². The summed E-state index contributed by atoms with van der Waals surface area (Å²) in [6.07, 6.45) is 0.593. The molecule has 0 saturated heterocycles. The van der Waals surface area contributed by atoms with Gasteiger partial charge < -0.3 is 10.6 Å². The van der Waals surface area contributed by atoms with Crippen LogP contribution in [0.4, 0.5) is 10.1 Å². The molecule has 142 valence electrons. The van der Waals surface area contributed by atoms with Gasteiger partial charge in [-0.05, 0) is 76.4 Å². The molecule has 3 aromatic carbocycles. The highest BCUT2D eigenvalue weighted by Gasteiger charge is 2.08. The summed E-state index contributed by atoms with van der Waals surface area (Å²) in [7, 11) is 0. The molecule has 0 aromatic heterocycles. The predicted molar refractivity (Wildman–Crippen MR) is 111 cm³/mol. The van der Waals surface area contributed by atoms with E-state index < -0.39 is 0 Å². The van der Waals surface area contributed by atoms with E-state index in [1.54, 1.807) is 60.7 Å². The second-order valence-corrected chi connectivity index (χ2v) is 7.01. The summed E-state index contributed by atoms with van der Waals surface area (Å²) in [5, 5.41) is 5.63. The molecule has 0 fully saturated rings. The van der Waals surface area contributed by atoms with Gasteiger partial charge in [-0.1, -0.05) is 24.3 Å². The molecule has 0 saturated carbocycles. The molecule has 0 aliphatic rings. The molecule has 2 N–H and O–H groups in total. The molecule has 0 aliphatic heterocycles. The Morgan fingerprint density at radius 1 is 0.857 bits per heavy atom. The van der Waals surface area contributed by atoms with Crippen LogP contribution in [0.3, 0.4) is 0 Å². The number of carbonyl (C=O) groups is 2. The molecule has 0 bridgehead atoms. The Morgan fingerprint density at radius 3 is 2.21 bits per heavy atom. The maximum absolute atomic E-state index is 13.2. The number of anilines is 1. The second-order valence-electron chi connectivity index (χ2n) is 6.15. The maximum atomic E-state index is 13.2. The lowest BCUT2D eigenvalue weighted by molar-refractivity contribution is 0.0953. The van der Waals surface area contributed by atoms with Crippen molar-refractivity contribution in [1.82, 2.24) is 5.32 Å². The van der Waals surface area contributed by atoms with Crippen LogP contribution in [0.5, 0.6) is 0 Å². The van der Waals surface area contributed by atoms with E-state index >= 15 is 0 Å². The van der Waals surface area contributed by atoms with Crippen molar-refractivity contribution < 1.29 is 14.0 Å². The van der Waals surface area contributed by atoms with E-state index in [9.17, 15) is 14.0 Å². The largest absolute Gasteiger partial charge is 0.352 e. The van der Waals surface area contributed by atoms with Crippen molar-refractivity contribution in [2.24, 2.45) is 0 Å².